The van der Waals surface area contributed by atoms with Gasteiger partial charge in [0.1, 0.15) is 17.3 Å². The fourth-order valence-corrected chi connectivity index (χ4v) is 3.18. The zero-order valence-corrected chi connectivity index (χ0v) is 15.2. The van der Waals surface area contributed by atoms with Gasteiger partial charge in [-0.2, -0.15) is 0 Å². The zero-order valence-electron chi connectivity index (χ0n) is 15.2. The van der Waals surface area contributed by atoms with Crippen LogP contribution in [0, 0.1) is 6.92 Å². The highest BCUT2D eigenvalue weighted by molar-refractivity contribution is 5.44. The predicted octanol–water partition coefficient (Wildman–Crippen LogP) is 2.35. The standard InChI is InChI=1S/C19H25N3O3/c1-11-7-12(23)8-16(24)13(11)9-22-6-5-15-14(10-22)17(25)21-18(20-15)19(2,3)4/h7-8,23-24H,5-6,9-10H2,1-4H3,(H,20,21,25). The Morgan fingerprint density at radius 1 is 1.28 bits per heavy atom. The molecule has 2 aromatic rings. The van der Waals surface area contributed by atoms with Crippen LogP contribution in [-0.4, -0.2) is 31.6 Å². The van der Waals surface area contributed by atoms with Gasteiger partial charge in [-0.1, -0.05) is 20.8 Å². The third kappa shape index (κ3) is 3.54. The first kappa shape index (κ1) is 17.5. The lowest BCUT2D eigenvalue weighted by atomic mass is 9.94. The molecule has 1 aromatic carbocycles. The highest BCUT2D eigenvalue weighted by Gasteiger charge is 2.25. The second-order valence-corrected chi connectivity index (χ2v) is 7.81. The monoisotopic (exact) mass is 343 g/mol. The number of hydrogen-bond donors (Lipinski definition) is 3. The molecule has 25 heavy (non-hydrogen) atoms. The van der Waals surface area contributed by atoms with Gasteiger partial charge in [-0.05, 0) is 18.6 Å². The summed E-state index contributed by atoms with van der Waals surface area (Å²) in [6, 6.07) is 2.99. The molecule has 1 aliphatic heterocycles. The molecule has 1 aliphatic rings. The number of hydrogen-bond acceptors (Lipinski definition) is 5. The van der Waals surface area contributed by atoms with E-state index in [-0.39, 0.29) is 22.5 Å². The summed E-state index contributed by atoms with van der Waals surface area (Å²) in [7, 11) is 0. The molecule has 0 saturated heterocycles. The summed E-state index contributed by atoms with van der Waals surface area (Å²) < 4.78 is 0. The van der Waals surface area contributed by atoms with Gasteiger partial charge in [-0.3, -0.25) is 9.69 Å². The quantitative estimate of drug-likeness (QED) is 0.779. The van der Waals surface area contributed by atoms with Crippen LogP contribution < -0.4 is 5.56 Å². The molecule has 6 nitrogen and oxygen atoms in total. The smallest absolute Gasteiger partial charge is 0.255 e. The number of benzene rings is 1. The maximum absolute atomic E-state index is 12.5. The highest BCUT2D eigenvalue weighted by atomic mass is 16.3. The summed E-state index contributed by atoms with van der Waals surface area (Å²) in [6.07, 6.45) is 0.709. The Bertz CT molecular complexity index is 842. The molecule has 3 N–H and O–H groups in total. The number of aromatic nitrogens is 2. The average Bonchev–Trinajstić information content (AvgIpc) is 2.50. The molecule has 2 heterocycles. The number of H-pyrrole nitrogens is 1. The van der Waals surface area contributed by atoms with Crippen molar-refractivity contribution in [3.8, 4) is 11.5 Å². The number of aryl methyl sites for hydroxylation is 1. The highest BCUT2D eigenvalue weighted by Crippen LogP contribution is 2.29. The number of fused-ring (bicyclic) bond motifs is 1. The minimum Gasteiger partial charge on any atom is -0.508 e. The largest absolute Gasteiger partial charge is 0.508 e. The third-order valence-corrected chi connectivity index (χ3v) is 4.67. The average molecular weight is 343 g/mol. The second kappa shape index (κ2) is 6.19. The summed E-state index contributed by atoms with van der Waals surface area (Å²) in [5.74, 6) is 0.855. The Morgan fingerprint density at radius 3 is 2.64 bits per heavy atom. The van der Waals surface area contributed by atoms with Gasteiger partial charge in [0.2, 0.25) is 0 Å². The molecule has 0 amide bonds. The SMILES string of the molecule is Cc1cc(O)cc(O)c1CN1CCc2nc(C(C)(C)C)[nH]c(=O)c2C1. The molecule has 0 unspecified atom stereocenters. The molecular weight excluding hydrogens is 318 g/mol. The van der Waals surface area contributed by atoms with Crippen LogP contribution in [0.2, 0.25) is 0 Å². The lowest BCUT2D eigenvalue weighted by Gasteiger charge is -2.29. The van der Waals surface area contributed by atoms with Gasteiger partial charge in [0, 0.05) is 43.1 Å². The van der Waals surface area contributed by atoms with Gasteiger partial charge in [0.15, 0.2) is 0 Å². The minimum absolute atomic E-state index is 0.0538. The summed E-state index contributed by atoms with van der Waals surface area (Å²) in [4.78, 5) is 22.2. The van der Waals surface area contributed by atoms with Gasteiger partial charge in [0.05, 0.1) is 11.3 Å². The van der Waals surface area contributed by atoms with Crippen LogP contribution in [-0.2, 0) is 24.9 Å². The lowest BCUT2D eigenvalue weighted by Crippen LogP contribution is -2.37. The van der Waals surface area contributed by atoms with Crippen molar-refractivity contribution < 1.29 is 10.2 Å². The van der Waals surface area contributed by atoms with E-state index in [0.717, 1.165) is 29.2 Å². The molecule has 0 saturated carbocycles. The Labute approximate surface area is 147 Å². The Hall–Kier alpha value is -2.34. The summed E-state index contributed by atoms with van der Waals surface area (Å²) >= 11 is 0. The van der Waals surface area contributed by atoms with Gasteiger partial charge in [0.25, 0.3) is 5.56 Å². The molecule has 1 aromatic heterocycles. The van der Waals surface area contributed by atoms with Crippen molar-refractivity contribution in [2.45, 2.75) is 52.6 Å². The van der Waals surface area contributed by atoms with Crippen molar-refractivity contribution in [1.82, 2.24) is 14.9 Å². The van der Waals surface area contributed by atoms with Crippen molar-refractivity contribution in [2.75, 3.05) is 6.54 Å². The maximum atomic E-state index is 12.5. The minimum atomic E-state index is -0.194. The number of nitrogens with zero attached hydrogens (tertiary/aromatic N) is 2. The van der Waals surface area contributed by atoms with E-state index >= 15 is 0 Å². The lowest BCUT2D eigenvalue weighted by molar-refractivity contribution is 0.237. The van der Waals surface area contributed by atoms with Crippen molar-refractivity contribution in [2.24, 2.45) is 0 Å². The molecule has 0 spiro atoms. The number of aromatic hydroxyl groups is 2. The molecule has 0 bridgehead atoms. The number of nitrogens with one attached hydrogen (secondary N) is 1. The van der Waals surface area contributed by atoms with Crippen LogP contribution in [0.25, 0.3) is 0 Å². The van der Waals surface area contributed by atoms with E-state index in [1.807, 2.05) is 27.7 Å². The fourth-order valence-electron chi connectivity index (χ4n) is 3.18. The number of phenols is 2. The van der Waals surface area contributed by atoms with E-state index in [0.29, 0.717) is 25.1 Å². The Morgan fingerprint density at radius 2 is 2.00 bits per heavy atom. The van der Waals surface area contributed by atoms with Gasteiger partial charge < -0.3 is 15.2 Å². The van der Waals surface area contributed by atoms with E-state index < -0.39 is 0 Å². The number of rotatable bonds is 2. The van der Waals surface area contributed by atoms with E-state index in [1.165, 1.54) is 6.07 Å². The van der Waals surface area contributed by atoms with Crippen LogP contribution in [0.5, 0.6) is 11.5 Å². The first-order chi connectivity index (χ1) is 11.6. The van der Waals surface area contributed by atoms with Gasteiger partial charge in [-0.15, -0.1) is 0 Å². The molecule has 134 valence electrons. The molecule has 0 radical (unpaired) electrons. The number of phenolic OH excluding ortho intramolecular Hbond substituents is 2. The first-order valence-corrected chi connectivity index (χ1v) is 8.51. The van der Waals surface area contributed by atoms with Crippen LogP contribution >= 0.6 is 0 Å². The first-order valence-electron chi connectivity index (χ1n) is 8.51. The summed E-state index contributed by atoms with van der Waals surface area (Å²) in [5, 5.41) is 19.7. The van der Waals surface area contributed by atoms with Crippen molar-refractivity contribution >= 4 is 0 Å². The van der Waals surface area contributed by atoms with Crippen molar-refractivity contribution in [3.05, 3.63) is 50.7 Å². The van der Waals surface area contributed by atoms with Crippen LogP contribution in [0.4, 0.5) is 0 Å². The van der Waals surface area contributed by atoms with E-state index in [2.05, 4.69) is 14.9 Å². The Kier molecular flexibility index (Phi) is 4.33. The third-order valence-electron chi connectivity index (χ3n) is 4.67. The van der Waals surface area contributed by atoms with E-state index in [1.54, 1.807) is 6.07 Å². The van der Waals surface area contributed by atoms with Crippen molar-refractivity contribution in [1.29, 1.82) is 0 Å². The topological polar surface area (TPSA) is 89.4 Å². The predicted molar refractivity (Wildman–Crippen MR) is 95.9 cm³/mol. The molecule has 0 aliphatic carbocycles. The molecule has 0 atom stereocenters. The molecule has 6 heteroatoms. The van der Waals surface area contributed by atoms with Gasteiger partial charge >= 0.3 is 0 Å². The summed E-state index contributed by atoms with van der Waals surface area (Å²) in [5.41, 5.74) is 2.91. The molecule has 3 rings (SSSR count). The normalized spacial score (nSPS) is 15.2. The van der Waals surface area contributed by atoms with Crippen LogP contribution in [0.1, 0.15) is 49.0 Å². The number of aromatic amines is 1. The molecular formula is C19H25N3O3. The zero-order chi connectivity index (χ0) is 18.4. The maximum Gasteiger partial charge on any atom is 0.255 e. The summed E-state index contributed by atoms with van der Waals surface area (Å²) in [6.45, 7) is 9.75. The van der Waals surface area contributed by atoms with Crippen LogP contribution in [0.15, 0.2) is 16.9 Å². The van der Waals surface area contributed by atoms with E-state index in [9.17, 15) is 15.0 Å². The van der Waals surface area contributed by atoms with E-state index in [4.69, 9.17) is 0 Å². The Balaban J connectivity index is 1.86. The van der Waals surface area contributed by atoms with Gasteiger partial charge in [-0.25, -0.2) is 4.98 Å². The van der Waals surface area contributed by atoms with Crippen molar-refractivity contribution in [3.63, 3.8) is 0 Å². The molecule has 0 fully saturated rings. The van der Waals surface area contributed by atoms with Crippen LogP contribution in [0.3, 0.4) is 0 Å². The fraction of sp³-hybridized carbons (Fsp3) is 0.474. The second-order valence-electron chi connectivity index (χ2n) is 7.81.